The molecule has 1 aliphatic carbocycles. The van der Waals surface area contributed by atoms with Crippen LogP contribution in [0.5, 0.6) is 11.5 Å². The fourth-order valence-corrected chi connectivity index (χ4v) is 2.24. The van der Waals surface area contributed by atoms with Crippen molar-refractivity contribution < 1.29 is 18.3 Å². The second kappa shape index (κ2) is 6.15. The molecule has 0 saturated heterocycles. The fraction of sp³-hybridized carbons (Fsp3) is 0.500. The summed E-state index contributed by atoms with van der Waals surface area (Å²) in [5, 5.41) is 2.90. The van der Waals surface area contributed by atoms with Gasteiger partial charge >= 0.3 is 0 Å². The quantitative estimate of drug-likeness (QED) is 0.647. The number of ether oxygens (including phenoxy) is 2. The van der Waals surface area contributed by atoms with Crippen molar-refractivity contribution in [2.45, 2.75) is 18.8 Å². The summed E-state index contributed by atoms with van der Waals surface area (Å²) in [6.07, 6.45) is -0.222. The van der Waals surface area contributed by atoms with Gasteiger partial charge in [-0.1, -0.05) is 0 Å². The molecule has 0 radical (unpaired) electrons. The highest BCUT2D eigenvalue weighted by atomic mass is 19.3. The summed E-state index contributed by atoms with van der Waals surface area (Å²) in [6, 6.07) is 5.22. The number of nitrogens with one attached hydrogen (secondary N) is 1. The van der Waals surface area contributed by atoms with Crippen molar-refractivity contribution in [2.75, 3.05) is 26.1 Å². The molecule has 0 aromatic heterocycles. The van der Waals surface area contributed by atoms with Gasteiger partial charge < -0.3 is 20.5 Å². The molecule has 116 valence electrons. The van der Waals surface area contributed by atoms with E-state index in [1.807, 2.05) is 0 Å². The lowest BCUT2D eigenvalue weighted by Crippen LogP contribution is -2.37. The van der Waals surface area contributed by atoms with Crippen LogP contribution in [0.2, 0.25) is 0 Å². The molecular formula is C14H19F2N3O2. The molecule has 1 saturated carbocycles. The lowest BCUT2D eigenvalue weighted by Gasteiger charge is -2.33. The van der Waals surface area contributed by atoms with Crippen LogP contribution in [-0.2, 0) is 0 Å². The van der Waals surface area contributed by atoms with E-state index in [0.29, 0.717) is 23.7 Å². The predicted molar refractivity (Wildman–Crippen MR) is 77.3 cm³/mol. The summed E-state index contributed by atoms with van der Waals surface area (Å²) >= 11 is 0. The number of benzene rings is 1. The Morgan fingerprint density at radius 1 is 1.33 bits per heavy atom. The molecule has 1 fully saturated rings. The van der Waals surface area contributed by atoms with Gasteiger partial charge in [-0.05, 0) is 18.1 Å². The first-order chi connectivity index (χ1) is 9.93. The van der Waals surface area contributed by atoms with Gasteiger partial charge in [0.05, 0.1) is 14.2 Å². The highest BCUT2D eigenvalue weighted by Crippen LogP contribution is 2.42. The summed E-state index contributed by atoms with van der Waals surface area (Å²) in [4.78, 5) is 4.08. The highest BCUT2D eigenvalue weighted by Gasteiger charge is 2.44. The standard InChI is InChI=1S/C14H19F2N3O2/c1-20-11-4-3-10(5-12(11)21-2)19-13(17)18-8-9-6-14(15,16)7-9/h3-5,9H,6-8H2,1-2H3,(H3,17,18,19). The van der Waals surface area contributed by atoms with Crippen LogP contribution < -0.4 is 20.5 Å². The van der Waals surface area contributed by atoms with Crippen molar-refractivity contribution in [2.24, 2.45) is 16.6 Å². The largest absolute Gasteiger partial charge is 0.493 e. The van der Waals surface area contributed by atoms with Gasteiger partial charge in [0.2, 0.25) is 5.92 Å². The third-order valence-electron chi connectivity index (χ3n) is 3.35. The van der Waals surface area contributed by atoms with Crippen molar-refractivity contribution in [3.63, 3.8) is 0 Å². The molecule has 0 aliphatic heterocycles. The van der Waals surface area contributed by atoms with Crippen LogP contribution in [0.3, 0.4) is 0 Å². The molecule has 3 N–H and O–H groups in total. The maximum atomic E-state index is 12.7. The molecule has 1 aromatic rings. The van der Waals surface area contributed by atoms with Crippen LogP contribution in [0.1, 0.15) is 12.8 Å². The van der Waals surface area contributed by atoms with Crippen molar-refractivity contribution in [3.8, 4) is 11.5 Å². The van der Waals surface area contributed by atoms with Gasteiger partial charge in [-0.25, -0.2) is 8.78 Å². The maximum Gasteiger partial charge on any atom is 0.248 e. The van der Waals surface area contributed by atoms with Crippen LogP contribution in [-0.4, -0.2) is 32.6 Å². The van der Waals surface area contributed by atoms with E-state index in [-0.39, 0.29) is 24.7 Å². The van der Waals surface area contributed by atoms with Crippen LogP contribution in [0, 0.1) is 5.92 Å². The molecule has 0 amide bonds. The molecule has 2 rings (SSSR count). The molecule has 0 spiro atoms. The van der Waals surface area contributed by atoms with E-state index < -0.39 is 5.92 Å². The molecule has 0 atom stereocenters. The number of nitrogens with two attached hydrogens (primary N) is 1. The second-order valence-electron chi connectivity index (χ2n) is 5.05. The molecular weight excluding hydrogens is 280 g/mol. The number of halogens is 2. The van der Waals surface area contributed by atoms with Crippen molar-refractivity contribution in [1.29, 1.82) is 0 Å². The zero-order valence-electron chi connectivity index (χ0n) is 12.0. The SMILES string of the molecule is COc1ccc(NC(N)=NCC2CC(F)(F)C2)cc1OC. The Hall–Kier alpha value is -2.05. The van der Waals surface area contributed by atoms with Gasteiger partial charge in [-0.2, -0.15) is 0 Å². The number of anilines is 1. The van der Waals surface area contributed by atoms with Crippen LogP contribution in [0.4, 0.5) is 14.5 Å². The Bertz CT molecular complexity index is 527. The zero-order chi connectivity index (χ0) is 15.5. The summed E-state index contributed by atoms with van der Waals surface area (Å²) in [6.45, 7) is 0.307. The van der Waals surface area contributed by atoms with Gasteiger partial charge in [-0.15, -0.1) is 0 Å². The Balaban J connectivity index is 1.91. The smallest absolute Gasteiger partial charge is 0.248 e. The Kier molecular flexibility index (Phi) is 4.50. The molecule has 1 aromatic carbocycles. The Labute approximate surface area is 122 Å². The van der Waals surface area contributed by atoms with E-state index in [1.165, 1.54) is 7.11 Å². The maximum absolute atomic E-state index is 12.7. The normalized spacial score (nSPS) is 18.0. The van der Waals surface area contributed by atoms with Crippen LogP contribution in [0.25, 0.3) is 0 Å². The van der Waals surface area contributed by atoms with E-state index in [2.05, 4.69) is 10.3 Å². The fourth-order valence-electron chi connectivity index (χ4n) is 2.24. The van der Waals surface area contributed by atoms with Gasteiger partial charge in [0.15, 0.2) is 17.5 Å². The van der Waals surface area contributed by atoms with E-state index in [4.69, 9.17) is 15.2 Å². The molecule has 7 heteroatoms. The number of guanidine groups is 1. The molecule has 5 nitrogen and oxygen atoms in total. The monoisotopic (exact) mass is 299 g/mol. The van der Waals surface area contributed by atoms with E-state index >= 15 is 0 Å². The summed E-state index contributed by atoms with van der Waals surface area (Å²) in [5.74, 6) is -1.25. The van der Waals surface area contributed by atoms with Gasteiger partial charge in [-0.3, -0.25) is 4.99 Å². The summed E-state index contributed by atoms with van der Waals surface area (Å²) in [7, 11) is 3.09. The number of nitrogens with zero attached hydrogens (tertiary/aromatic N) is 1. The van der Waals surface area contributed by atoms with Crippen LogP contribution >= 0.6 is 0 Å². The van der Waals surface area contributed by atoms with E-state index in [1.54, 1.807) is 25.3 Å². The zero-order valence-corrected chi connectivity index (χ0v) is 12.0. The first-order valence-corrected chi connectivity index (χ1v) is 6.60. The predicted octanol–water partition coefficient (Wildman–Crippen LogP) is 2.48. The Morgan fingerprint density at radius 3 is 2.57 bits per heavy atom. The number of aliphatic imine (C=N–C) groups is 1. The number of rotatable bonds is 5. The Morgan fingerprint density at radius 2 is 2.00 bits per heavy atom. The minimum absolute atomic E-state index is 0.0919. The first-order valence-electron chi connectivity index (χ1n) is 6.60. The van der Waals surface area contributed by atoms with Crippen LogP contribution in [0.15, 0.2) is 23.2 Å². The molecule has 0 heterocycles. The van der Waals surface area contributed by atoms with E-state index in [9.17, 15) is 8.78 Å². The number of alkyl halides is 2. The minimum atomic E-state index is -2.52. The van der Waals surface area contributed by atoms with E-state index in [0.717, 1.165) is 0 Å². The molecule has 1 aliphatic rings. The van der Waals surface area contributed by atoms with Crippen molar-refractivity contribution in [1.82, 2.24) is 0 Å². The summed E-state index contributed by atoms with van der Waals surface area (Å²) < 4.78 is 35.7. The lowest BCUT2D eigenvalue weighted by molar-refractivity contribution is -0.107. The molecule has 0 bridgehead atoms. The average molecular weight is 299 g/mol. The molecule has 21 heavy (non-hydrogen) atoms. The van der Waals surface area contributed by atoms with Crippen molar-refractivity contribution in [3.05, 3.63) is 18.2 Å². The minimum Gasteiger partial charge on any atom is -0.493 e. The molecule has 0 unspecified atom stereocenters. The highest BCUT2D eigenvalue weighted by molar-refractivity contribution is 5.92. The third-order valence-corrected chi connectivity index (χ3v) is 3.35. The lowest BCUT2D eigenvalue weighted by atomic mass is 9.81. The first kappa shape index (κ1) is 15.3. The van der Waals surface area contributed by atoms with Gasteiger partial charge in [0.1, 0.15) is 0 Å². The van der Waals surface area contributed by atoms with Gasteiger partial charge in [0.25, 0.3) is 0 Å². The van der Waals surface area contributed by atoms with Crippen molar-refractivity contribution >= 4 is 11.6 Å². The topological polar surface area (TPSA) is 68.9 Å². The van der Waals surface area contributed by atoms with Gasteiger partial charge in [0, 0.05) is 31.1 Å². The number of hydrogen-bond acceptors (Lipinski definition) is 3. The summed E-state index contributed by atoms with van der Waals surface area (Å²) in [5.41, 5.74) is 6.43. The number of methoxy groups -OCH3 is 2. The number of hydrogen-bond donors (Lipinski definition) is 2. The third kappa shape index (κ3) is 3.96. The second-order valence-corrected chi connectivity index (χ2v) is 5.05. The average Bonchev–Trinajstić information content (AvgIpc) is 2.42.